The second-order valence-corrected chi connectivity index (χ2v) is 4.41. The van der Waals surface area contributed by atoms with Crippen molar-refractivity contribution >= 4 is 11.8 Å². The first-order chi connectivity index (χ1) is 11.5. The van der Waals surface area contributed by atoms with Gasteiger partial charge in [-0.25, -0.2) is 9.59 Å². The molecule has 0 aliphatic carbocycles. The number of aromatic nitrogens is 2. The first kappa shape index (κ1) is 16.8. The highest BCUT2D eigenvalue weighted by Crippen LogP contribution is 2.23. The van der Waals surface area contributed by atoms with Gasteiger partial charge in [0.15, 0.2) is 10.8 Å². The molecule has 0 unspecified atom stereocenters. The SMILES string of the molecule is CCOC(=O)c1c(-c2ccccc2)nc(=O)[nH]c1/C(=N\O)[N+](=O)[O-]. The Hall–Kier alpha value is -3.56. The van der Waals surface area contributed by atoms with Gasteiger partial charge in [-0.3, -0.25) is 4.98 Å². The molecule has 1 heterocycles. The molecule has 0 fully saturated rings. The molecule has 2 N–H and O–H groups in total. The van der Waals surface area contributed by atoms with Crippen LogP contribution in [0.3, 0.4) is 0 Å². The third-order valence-corrected chi connectivity index (χ3v) is 2.95. The highest BCUT2D eigenvalue weighted by atomic mass is 16.6. The summed E-state index contributed by atoms with van der Waals surface area (Å²) in [4.78, 5) is 39.8. The number of carbonyl (C=O) groups is 1. The number of oxime groups is 1. The standard InChI is InChI=1S/C14H12N4O6/c1-2-24-13(19)9-10(8-6-4-3-5-7-8)15-14(20)16-11(9)12(17-21)18(22)23/h3-7,21H,2H2,1H3,(H,15,16,20)/b17-12+. The Morgan fingerprint density at radius 2 is 2.08 bits per heavy atom. The molecule has 0 saturated carbocycles. The number of esters is 1. The molecule has 2 aromatic rings. The summed E-state index contributed by atoms with van der Waals surface area (Å²) in [5, 5.41) is 22.5. The maximum Gasteiger partial charge on any atom is 0.434 e. The predicted octanol–water partition coefficient (Wildman–Crippen LogP) is 1.03. The van der Waals surface area contributed by atoms with Crippen molar-refractivity contribution in [3.8, 4) is 11.3 Å². The summed E-state index contributed by atoms with van der Waals surface area (Å²) >= 11 is 0. The van der Waals surface area contributed by atoms with Gasteiger partial charge in [0, 0.05) is 5.56 Å². The lowest BCUT2D eigenvalue weighted by atomic mass is 10.0. The number of nitrogens with zero attached hydrogens (tertiary/aromatic N) is 3. The average molecular weight is 332 g/mol. The van der Waals surface area contributed by atoms with E-state index in [1.165, 1.54) is 0 Å². The number of nitrogens with one attached hydrogen (secondary N) is 1. The van der Waals surface area contributed by atoms with Crippen LogP contribution in [0.15, 0.2) is 40.3 Å². The average Bonchev–Trinajstić information content (AvgIpc) is 2.55. The zero-order chi connectivity index (χ0) is 17.7. The van der Waals surface area contributed by atoms with E-state index in [4.69, 9.17) is 9.94 Å². The molecule has 1 aromatic heterocycles. The van der Waals surface area contributed by atoms with Crippen molar-refractivity contribution in [1.82, 2.24) is 9.97 Å². The van der Waals surface area contributed by atoms with Gasteiger partial charge in [0.1, 0.15) is 5.56 Å². The first-order valence-electron chi connectivity index (χ1n) is 6.73. The summed E-state index contributed by atoms with van der Waals surface area (Å²) in [5.41, 5.74) is -1.64. The van der Waals surface area contributed by atoms with Crippen molar-refractivity contribution in [3.05, 3.63) is 62.2 Å². The van der Waals surface area contributed by atoms with Gasteiger partial charge in [0.05, 0.1) is 12.3 Å². The predicted molar refractivity (Wildman–Crippen MR) is 81.6 cm³/mol. The lowest BCUT2D eigenvalue weighted by Gasteiger charge is -2.10. The first-order valence-corrected chi connectivity index (χ1v) is 6.73. The summed E-state index contributed by atoms with van der Waals surface area (Å²) in [6.45, 7) is 1.54. The van der Waals surface area contributed by atoms with Crippen LogP contribution in [-0.2, 0) is 4.74 Å². The van der Waals surface area contributed by atoms with Crippen molar-refractivity contribution in [1.29, 1.82) is 0 Å². The number of ether oxygens (including phenoxy) is 1. The van der Waals surface area contributed by atoms with E-state index in [-0.39, 0.29) is 17.9 Å². The van der Waals surface area contributed by atoms with E-state index in [0.29, 0.717) is 5.56 Å². The van der Waals surface area contributed by atoms with Gasteiger partial charge >= 0.3 is 17.5 Å². The van der Waals surface area contributed by atoms with Gasteiger partial charge < -0.3 is 20.1 Å². The molecular formula is C14H12N4O6. The fourth-order valence-electron chi connectivity index (χ4n) is 2.03. The van der Waals surface area contributed by atoms with Gasteiger partial charge in [-0.2, -0.15) is 4.98 Å². The Kier molecular flexibility index (Phi) is 5.00. The monoisotopic (exact) mass is 332 g/mol. The van der Waals surface area contributed by atoms with Crippen molar-refractivity contribution in [2.24, 2.45) is 5.16 Å². The Labute approximate surface area is 134 Å². The van der Waals surface area contributed by atoms with Gasteiger partial charge in [-0.15, -0.1) is 0 Å². The van der Waals surface area contributed by atoms with Crippen LogP contribution in [0.5, 0.6) is 0 Å². The topological polar surface area (TPSA) is 148 Å². The third-order valence-electron chi connectivity index (χ3n) is 2.95. The zero-order valence-electron chi connectivity index (χ0n) is 12.4. The summed E-state index contributed by atoms with van der Waals surface area (Å²) in [7, 11) is 0. The normalized spacial score (nSPS) is 11.1. The van der Waals surface area contributed by atoms with Gasteiger partial charge in [-0.05, 0) is 11.8 Å². The largest absolute Gasteiger partial charge is 0.462 e. The second kappa shape index (κ2) is 7.13. The molecule has 0 atom stereocenters. The summed E-state index contributed by atoms with van der Waals surface area (Å²) < 4.78 is 4.88. The Balaban J connectivity index is 2.85. The Bertz CT molecular complexity index is 859. The molecule has 0 spiro atoms. The van der Waals surface area contributed by atoms with Crippen molar-refractivity contribution in [2.75, 3.05) is 6.61 Å². The molecule has 0 bridgehead atoms. The van der Waals surface area contributed by atoms with E-state index in [1.807, 2.05) is 0 Å². The van der Waals surface area contributed by atoms with E-state index in [9.17, 15) is 19.7 Å². The van der Waals surface area contributed by atoms with Crippen molar-refractivity contribution in [3.63, 3.8) is 0 Å². The summed E-state index contributed by atoms with van der Waals surface area (Å²) in [6, 6.07) is 8.12. The van der Waals surface area contributed by atoms with Gasteiger partial charge in [0.25, 0.3) is 0 Å². The second-order valence-electron chi connectivity index (χ2n) is 4.41. The number of rotatable bonds is 4. The van der Waals surface area contributed by atoms with Crippen LogP contribution < -0.4 is 5.69 Å². The van der Waals surface area contributed by atoms with Crippen LogP contribution in [0.4, 0.5) is 0 Å². The molecule has 24 heavy (non-hydrogen) atoms. The molecule has 0 radical (unpaired) electrons. The molecule has 10 heteroatoms. The minimum absolute atomic E-state index is 0.00427. The number of aromatic amines is 1. The number of hydrogen-bond donors (Lipinski definition) is 2. The number of benzene rings is 1. The molecule has 124 valence electrons. The number of amidine groups is 1. The molecule has 0 saturated heterocycles. The molecule has 0 amide bonds. The van der Waals surface area contributed by atoms with Crippen molar-refractivity contribution in [2.45, 2.75) is 6.92 Å². The van der Waals surface area contributed by atoms with E-state index in [1.54, 1.807) is 37.3 Å². The summed E-state index contributed by atoms with van der Waals surface area (Å²) in [6.07, 6.45) is 0. The molecule has 2 rings (SSSR count). The van der Waals surface area contributed by atoms with Crippen LogP contribution in [0.25, 0.3) is 11.3 Å². The minimum atomic E-state index is -1.10. The van der Waals surface area contributed by atoms with E-state index in [2.05, 4.69) is 15.1 Å². The highest BCUT2D eigenvalue weighted by molar-refractivity contribution is 6.06. The smallest absolute Gasteiger partial charge is 0.434 e. The number of H-pyrrole nitrogens is 1. The van der Waals surface area contributed by atoms with Crippen LogP contribution in [0.1, 0.15) is 23.0 Å². The molecule has 1 aromatic carbocycles. The van der Waals surface area contributed by atoms with Crippen LogP contribution >= 0.6 is 0 Å². The van der Waals surface area contributed by atoms with E-state index < -0.39 is 28.1 Å². The molecular weight excluding hydrogens is 320 g/mol. The minimum Gasteiger partial charge on any atom is -0.462 e. The highest BCUT2D eigenvalue weighted by Gasteiger charge is 2.31. The number of carbonyl (C=O) groups excluding carboxylic acids is 1. The van der Waals surface area contributed by atoms with Gasteiger partial charge in [-0.1, -0.05) is 30.3 Å². The maximum absolute atomic E-state index is 12.3. The fraction of sp³-hybridized carbons (Fsp3) is 0.143. The molecule has 0 aliphatic heterocycles. The van der Waals surface area contributed by atoms with Crippen LogP contribution in [0, 0.1) is 10.1 Å². The molecule has 10 nitrogen and oxygen atoms in total. The maximum atomic E-state index is 12.3. The fourth-order valence-corrected chi connectivity index (χ4v) is 2.03. The van der Waals surface area contributed by atoms with Crippen LogP contribution in [0.2, 0.25) is 0 Å². The summed E-state index contributed by atoms with van der Waals surface area (Å²) in [5.74, 6) is -2.05. The Morgan fingerprint density at radius 1 is 1.42 bits per heavy atom. The number of hydrogen-bond acceptors (Lipinski definition) is 8. The number of nitro groups is 1. The van der Waals surface area contributed by atoms with Crippen LogP contribution in [-0.4, -0.2) is 38.5 Å². The lowest BCUT2D eigenvalue weighted by Crippen LogP contribution is -2.27. The van der Waals surface area contributed by atoms with E-state index >= 15 is 0 Å². The van der Waals surface area contributed by atoms with Crippen molar-refractivity contribution < 1.29 is 19.7 Å². The molecule has 0 aliphatic rings. The van der Waals surface area contributed by atoms with E-state index in [0.717, 1.165) is 0 Å². The van der Waals surface area contributed by atoms with Gasteiger partial charge in [0.2, 0.25) is 0 Å². The Morgan fingerprint density at radius 3 is 2.62 bits per heavy atom. The third kappa shape index (κ3) is 3.27. The lowest BCUT2D eigenvalue weighted by molar-refractivity contribution is -0.351. The zero-order valence-corrected chi connectivity index (χ0v) is 12.4. The quantitative estimate of drug-likeness (QED) is 0.212.